The summed E-state index contributed by atoms with van der Waals surface area (Å²) < 4.78 is 11.8. The Morgan fingerprint density at radius 1 is 0.435 bits per heavy atom. The molecule has 0 saturated carbocycles. The Bertz CT molecular complexity index is 1280. The summed E-state index contributed by atoms with van der Waals surface area (Å²) in [7, 11) is 0. The van der Waals surface area contributed by atoms with E-state index >= 15 is 0 Å². The van der Waals surface area contributed by atoms with Gasteiger partial charge in [-0.05, 0) is 70.9 Å². The molecular weight excluding hydrogens is 801 g/mol. The van der Waals surface area contributed by atoms with Crippen LogP contribution < -0.4 is 32.0 Å². The van der Waals surface area contributed by atoms with Gasteiger partial charge in [-0.3, -0.25) is 19.2 Å². The maximum Gasteiger partial charge on any atom is 0.333 e. The third kappa shape index (κ3) is 35.6. The number of nitrogens with one attached hydrogen (secondary N) is 4. The Balaban J connectivity index is 1.73. The lowest BCUT2D eigenvalue weighted by Gasteiger charge is -2.08. The Morgan fingerprint density at radius 2 is 0.790 bits per heavy atom. The number of ether oxygens (including phenoxy) is 2. The molecule has 17 heteroatoms. The molecule has 1 aromatic rings. The molecule has 17 nitrogen and oxygen atoms in total. The molecule has 8 N–H and O–H groups in total. The van der Waals surface area contributed by atoms with E-state index in [4.69, 9.17) is 20.2 Å². The van der Waals surface area contributed by atoms with Gasteiger partial charge in [-0.1, -0.05) is 83.5 Å². The van der Waals surface area contributed by atoms with Gasteiger partial charge in [0.2, 0.25) is 29.5 Å². The normalized spacial score (nSPS) is 11.0. The average Bonchev–Trinajstić information content (AvgIpc) is 3.57. The smallest absolute Gasteiger partial charge is 0.333 e. The molecule has 0 atom stereocenters. The molecule has 1 heterocycles. The molecule has 0 fully saturated rings. The molecule has 3 amide bonds. The van der Waals surface area contributed by atoms with E-state index in [1.54, 1.807) is 0 Å². The lowest BCUT2D eigenvalue weighted by molar-refractivity contribution is -0.146. The molecule has 0 aliphatic rings. The van der Waals surface area contributed by atoms with Crippen molar-refractivity contribution in [3.63, 3.8) is 0 Å². The van der Waals surface area contributed by atoms with Crippen LogP contribution in [0.4, 0.5) is 0 Å². The van der Waals surface area contributed by atoms with Crippen LogP contribution in [-0.4, -0.2) is 104 Å². The van der Waals surface area contributed by atoms with Gasteiger partial charge in [0.25, 0.3) is 0 Å². The standard InChI is InChI=1S/C45H82N6O11/c46-61-44(57)24-15-7-5-13-20-32-48-39(52)23-14-6-3-12-21-34-50-41(54)29-38-60-36-22-35-59-37-28-40(53)49-33-19-11-2-1-9-17-30-47-31-18-10-4-8-16-25-45(58)62-51-42(55)26-27-43(51)56/h26-27,47,55-56H,1-25,28-38,46H2,(H,48,52)(H,49,53)(H,50,54). The van der Waals surface area contributed by atoms with E-state index in [0.29, 0.717) is 84.6 Å². The molecule has 0 aliphatic heterocycles. The van der Waals surface area contributed by atoms with Crippen molar-refractivity contribution in [2.24, 2.45) is 5.90 Å². The summed E-state index contributed by atoms with van der Waals surface area (Å²) in [4.78, 5) is 67.9. The summed E-state index contributed by atoms with van der Waals surface area (Å²) in [5, 5.41) is 31.4. The van der Waals surface area contributed by atoms with Crippen molar-refractivity contribution in [3.05, 3.63) is 12.1 Å². The fourth-order valence-electron chi connectivity index (χ4n) is 6.57. The van der Waals surface area contributed by atoms with Crippen LogP contribution in [0.25, 0.3) is 0 Å². The van der Waals surface area contributed by atoms with Gasteiger partial charge in [0.1, 0.15) is 0 Å². The zero-order valence-corrected chi connectivity index (χ0v) is 37.7. The number of amides is 3. The van der Waals surface area contributed by atoms with E-state index in [9.17, 15) is 34.2 Å². The number of unbranched alkanes of at least 4 members (excludes halogenated alkanes) is 17. The van der Waals surface area contributed by atoms with E-state index in [1.165, 1.54) is 31.4 Å². The van der Waals surface area contributed by atoms with Gasteiger partial charge in [0.15, 0.2) is 0 Å². The van der Waals surface area contributed by atoms with Crippen molar-refractivity contribution in [2.75, 3.05) is 59.2 Å². The van der Waals surface area contributed by atoms with Gasteiger partial charge in [-0.2, -0.15) is 5.90 Å². The Labute approximate surface area is 370 Å². The lowest BCUT2D eigenvalue weighted by atomic mass is 10.1. The van der Waals surface area contributed by atoms with Crippen molar-refractivity contribution in [3.8, 4) is 11.8 Å². The molecule has 0 aliphatic carbocycles. The van der Waals surface area contributed by atoms with E-state index in [0.717, 1.165) is 127 Å². The van der Waals surface area contributed by atoms with Crippen molar-refractivity contribution >= 4 is 29.7 Å². The first-order chi connectivity index (χ1) is 30.2. The van der Waals surface area contributed by atoms with Crippen LogP contribution in [0.3, 0.4) is 0 Å². The molecule has 62 heavy (non-hydrogen) atoms. The van der Waals surface area contributed by atoms with E-state index < -0.39 is 5.97 Å². The molecule has 0 spiro atoms. The van der Waals surface area contributed by atoms with Gasteiger partial charge in [0, 0.05) is 77.1 Å². The number of hydrogen-bond donors (Lipinski definition) is 7. The third-order valence-electron chi connectivity index (χ3n) is 10.3. The minimum absolute atomic E-state index is 0.0121. The summed E-state index contributed by atoms with van der Waals surface area (Å²) in [6.45, 7) is 5.82. The second-order valence-electron chi connectivity index (χ2n) is 15.9. The molecular formula is C45H82N6O11. The number of rotatable bonds is 44. The first-order valence-electron chi connectivity index (χ1n) is 23.6. The molecule has 0 radical (unpaired) electrons. The van der Waals surface area contributed by atoms with E-state index in [1.807, 2.05) is 0 Å². The second kappa shape index (κ2) is 41.1. The van der Waals surface area contributed by atoms with Crippen molar-refractivity contribution in [1.82, 2.24) is 26.0 Å². The molecule has 0 saturated heterocycles. The van der Waals surface area contributed by atoms with E-state index in [-0.39, 0.29) is 41.9 Å². The zero-order chi connectivity index (χ0) is 45.1. The number of nitrogens with two attached hydrogens (primary N) is 1. The van der Waals surface area contributed by atoms with Gasteiger partial charge in [-0.15, -0.1) is 4.73 Å². The van der Waals surface area contributed by atoms with Crippen LogP contribution in [0.15, 0.2) is 12.1 Å². The molecule has 1 rings (SSSR count). The minimum Gasteiger partial charge on any atom is -0.492 e. The maximum absolute atomic E-state index is 12.1. The number of nitrogens with zero attached hydrogens (tertiary/aromatic N) is 1. The summed E-state index contributed by atoms with van der Waals surface area (Å²) in [5.41, 5.74) is 0. The van der Waals surface area contributed by atoms with Gasteiger partial charge >= 0.3 is 11.9 Å². The Morgan fingerprint density at radius 3 is 1.23 bits per heavy atom. The fourth-order valence-corrected chi connectivity index (χ4v) is 6.57. The number of carbonyl (C=O) groups excluding carboxylic acids is 5. The predicted octanol–water partition coefficient (Wildman–Crippen LogP) is 5.78. The number of hydrogen-bond acceptors (Lipinski definition) is 13. The number of carbonyl (C=O) groups is 5. The van der Waals surface area contributed by atoms with Crippen LogP contribution in [-0.2, 0) is 38.3 Å². The zero-order valence-electron chi connectivity index (χ0n) is 37.7. The van der Waals surface area contributed by atoms with Gasteiger partial charge in [-0.25, -0.2) is 4.79 Å². The van der Waals surface area contributed by atoms with Crippen LogP contribution in [0.5, 0.6) is 11.8 Å². The van der Waals surface area contributed by atoms with Crippen molar-refractivity contribution < 1.29 is 53.3 Å². The Hall–Kier alpha value is -3.93. The van der Waals surface area contributed by atoms with Crippen LogP contribution in [0, 0.1) is 0 Å². The highest BCUT2D eigenvalue weighted by atomic mass is 16.7. The molecule has 358 valence electrons. The highest BCUT2D eigenvalue weighted by Crippen LogP contribution is 2.19. The predicted molar refractivity (Wildman–Crippen MR) is 238 cm³/mol. The van der Waals surface area contributed by atoms with Gasteiger partial charge < -0.3 is 50.6 Å². The maximum atomic E-state index is 12.1. The summed E-state index contributed by atoms with van der Waals surface area (Å²) in [6, 6.07) is 2.51. The van der Waals surface area contributed by atoms with Crippen LogP contribution in [0.2, 0.25) is 0 Å². The number of aromatic hydroxyl groups is 2. The molecule has 0 bridgehead atoms. The highest BCUT2D eigenvalue weighted by molar-refractivity contribution is 5.76. The lowest BCUT2D eigenvalue weighted by Crippen LogP contribution is -2.25. The quantitative estimate of drug-likeness (QED) is 0.0304. The van der Waals surface area contributed by atoms with E-state index in [2.05, 4.69) is 26.1 Å². The van der Waals surface area contributed by atoms with Crippen molar-refractivity contribution in [1.29, 1.82) is 0 Å². The first kappa shape index (κ1) is 56.1. The Kier molecular flexibility index (Phi) is 37.2. The summed E-state index contributed by atoms with van der Waals surface area (Å²) in [6.07, 6.45) is 23.8. The SMILES string of the molecule is NOC(=O)CCCCCCCNC(=O)CCCCCCCNC(=O)CCOCCCOCCC(=O)NCCCCCCCCNCCCCCCCC(=O)On1c(O)ccc1O. The summed E-state index contributed by atoms with van der Waals surface area (Å²) >= 11 is 0. The van der Waals surface area contributed by atoms with Gasteiger partial charge in [0.05, 0.1) is 13.2 Å². The largest absolute Gasteiger partial charge is 0.492 e. The van der Waals surface area contributed by atoms with Crippen LogP contribution in [0.1, 0.15) is 173 Å². The third-order valence-corrected chi connectivity index (χ3v) is 10.3. The highest BCUT2D eigenvalue weighted by Gasteiger charge is 2.12. The fraction of sp³-hybridized carbons (Fsp3) is 0.800. The monoisotopic (exact) mass is 883 g/mol. The minimum atomic E-state index is -0.483. The summed E-state index contributed by atoms with van der Waals surface area (Å²) in [5.74, 6) is 3.42. The van der Waals surface area contributed by atoms with Crippen molar-refractivity contribution in [2.45, 2.75) is 173 Å². The topological polar surface area (TPSA) is 242 Å². The first-order valence-corrected chi connectivity index (χ1v) is 23.6. The molecule has 1 aromatic heterocycles. The second-order valence-corrected chi connectivity index (χ2v) is 15.9. The molecule has 0 aromatic carbocycles. The molecule has 0 unspecified atom stereocenters. The number of aromatic nitrogens is 1. The average molecular weight is 883 g/mol. The van der Waals surface area contributed by atoms with Crippen LogP contribution >= 0.6 is 0 Å².